The molecule has 5 nitrogen and oxygen atoms in total. The van der Waals surface area contributed by atoms with Gasteiger partial charge < -0.3 is 15.5 Å². The van der Waals surface area contributed by atoms with Crippen LogP contribution in [0.2, 0.25) is 0 Å². The van der Waals surface area contributed by atoms with Gasteiger partial charge in [0.15, 0.2) is 0 Å². The van der Waals surface area contributed by atoms with E-state index in [9.17, 15) is 9.59 Å². The van der Waals surface area contributed by atoms with Crippen molar-refractivity contribution in [3.05, 3.63) is 24.3 Å². The lowest BCUT2D eigenvalue weighted by Gasteiger charge is -2.19. The normalized spacial score (nSPS) is 14.7. The molecule has 0 saturated carbocycles. The summed E-state index contributed by atoms with van der Waals surface area (Å²) < 4.78 is 0. The Hall–Kier alpha value is -1.88. The topological polar surface area (TPSA) is 61.4 Å². The number of carbonyl (C=O) groups is 2. The van der Waals surface area contributed by atoms with Crippen molar-refractivity contribution in [2.24, 2.45) is 0 Å². The first-order valence-corrected chi connectivity index (χ1v) is 7.06. The van der Waals surface area contributed by atoms with Gasteiger partial charge in [-0.2, -0.15) is 0 Å². The second-order valence-electron chi connectivity index (χ2n) is 4.92. The lowest BCUT2D eigenvalue weighted by molar-refractivity contribution is -0.117. The number of hydrogen-bond acceptors (Lipinski definition) is 3. The molecule has 1 aromatic rings. The van der Waals surface area contributed by atoms with Gasteiger partial charge in [0, 0.05) is 19.4 Å². The van der Waals surface area contributed by atoms with Crippen LogP contribution in [0.25, 0.3) is 0 Å². The zero-order valence-corrected chi connectivity index (χ0v) is 11.8. The van der Waals surface area contributed by atoms with Gasteiger partial charge in [0.25, 0.3) is 0 Å². The molecule has 1 aromatic carbocycles. The Morgan fingerprint density at radius 3 is 2.85 bits per heavy atom. The van der Waals surface area contributed by atoms with E-state index in [4.69, 9.17) is 0 Å². The summed E-state index contributed by atoms with van der Waals surface area (Å²) in [7, 11) is 1.87. The van der Waals surface area contributed by atoms with E-state index in [1.54, 1.807) is 4.90 Å². The Labute approximate surface area is 119 Å². The minimum Gasteiger partial charge on any atom is -0.324 e. The molecular weight excluding hydrogens is 254 g/mol. The van der Waals surface area contributed by atoms with Crippen LogP contribution in [-0.2, 0) is 9.59 Å². The number of rotatable bonds is 6. The number of amides is 2. The highest BCUT2D eigenvalue weighted by atomic mass is 16.2. The molecule has 2 rings (SSSR count). The van der Waals surface area contributed by atoms with Crippen molar-refractivity contribution in [2.45, 2.75) is 25.7 Å². The van der Waals surface area contributed by atoms with Gasteiger partial charge in [0.2, 0.25) is 11.8 Å². The zero-order valence-electron chi connectivity index (χ0n) is 11.8. The van der Waals surface area contributed by atoms with Crippen LogP contribution in [0.1, 0.15) is 25.7 Å². The van der Waals surface area contributed by atoms with Crippen LogP contribution in [0.15, 0.2) is 24.3 Å². The van der Waals surface area contributed by atoms with Gasteiger partial charge in [-0.15, -0.1) is 0 Å². The van der Waals surface area contributed by atoms with E-state index in [1.165, 1.54) is 0 Å². The highest BCUT2D eigenvalue weighted by Gasteiger charge is 2.23. The third-order valence-electron chi connectivity index (χ3n) is 3.37. The monoisotopic (exact) mass is 275 g/mol. The summed E-state index contributed by atoms with van der Waals surface area (Å²) in [5.74, 6) is 0.112. The lowest BCUT2D eigenvalue weighted by Crippen LogP contribution is -2.25. The van der Waals surface area contributed by atoms with E-state index < -0.39 is 0 Å². The Morgan fingerprint density at radius 1 is 1.35 bits per heavy atom. The first-order valence-electron chi connectivity index (χ1n) is 7.06. The molecule has 1 aliphatic rings. The quantitative estimate of drug-likeness (QED) is 0.778. The highest BCUT2D eigenvalue weighted by molar-refractivity contribution is 6.02. The molecule has 0 spiro atoms. The molecule has 2 amide bonds. The number of hydrogen-bond donors (Lipinski definition) is 2. The average molecular weight is 275 g/mol. The molecule has 0 atom stereocenters. The van der Waals surface area contributed by atoms with Gasteiger partial charge >= 0.3 is 0 Å². The number of para-hydroxylation sites is 2. The van der Waals surface area contributed by atoms with Gasteiger partial charge in [0.05, 0.1) is 11.4 Å². The van der Waals surface area contributed by atoms with Crippen LogP contribution in [0.4, 0.5) is 11.4 Å². The molecule has 1 fully saturated rings. The molecule has 0 bridgehead atoms. The minimum absolute atomic E-state index is 0.0145. The van der Waals surface area contributed by atoms with Crippen molar-refractivity contribution < 1.29 is 9.59 Å². The Morgan fingerprint density at radius 2 is 2.15 bits per heavy atom. The average Bonchev–Trinajstić information content (AvgIpc) is 2.86. The van der Waals surface area contributed by atoms with Gasteiger partial charge in [-0.1, -0.05) is 12.1 Å². The summed E-state index contributed by atoms with van der Waals surface area (Å²) in [5.41, 5.74) is 1.52. The summed E-state index contributed by atoms with van der Waals surface area (Å²) >= 11 is 0. The van der Waals surface area contributed by atoms with E-state index in [1.807, 2.05) is 31.3 Å². The van der Waals surface area contributed by atoms with E-state index in [0.717, 1.165) is 37.3 Å². The largest absolute Gasteiger partial charge is 0.324 e. The molecule has 2 N–H and O–H groups in total. The fraction of sp³-hybridized carbons (Fsp3) is 0.467. The fourth-order valence-electron chi connectivity index (χ4n) is 2.36. The molecule has 0 unspecified atom stereocenters. The number of nitrogens with zero attached hydrogens (tertiary/aromatic N) is 1. The molecular formula is C15H21N3O2. The number of carbonyl (C=O) groups excluding carboxylic acids is 2. The van der Waals surface area contributed by atoms with Gasteiger partial charge in [0.1, 0.15) is 0 Å². The van der Waals surface area contributed by atoms with Crippen LogP contribution in [0.3, 0.4) is 0 Å². The van der Waals surface area contributed by atoms with Crippen molar-refractivity contribution >= 4 is 23.2 Å². The maximum absolute atomic E-state index is 11.9. The van der Waals surface area contributed by atoms with Crippen LogP contribution in [0, 0.1) is 0 Å². The maximum Gasteiger partial charge on any atom is 0.227 e. The number of anilines is 2. The van der Waals surface area contributed by atoms with E-state index >= 15 is 0 Å². The van der Waals surface area contributed by atoms with Crippen molar-refractivity contribution in [2.75, 3.05) is 30.4 Å². The molecule has 1 aliphatic heterocycles. The second kappa shape index (κ2) is 7.05. The molecule has 0 radical (unpaired) electrons. The van der Waals surface area contributed by atoms with Crippen molar-refractivity contribution in [1.82, 2.24) is 5.32 Å². The summed E-state index contributed by atoms with van der Waals surface area (Å²) in [6, 6.07) is 7.48. The van der Waals surface area contributed by atoms with Crippen molar-refractivity contribution in [3.8, 4) is 0 Å². The molecule has 108 valence electrons. The third kappa shape index (κ3) is 3.57. The van der Waals surface area contributed by atoms with Crippen molar-refractivity contribution in [1.29, 1.82) is 0 Å². The number of benzene rings is 1. The molecule has 1 heterocycles. The van der Waals surface area contributed by atoms with Crippen molar-refractivity contribution in [3.63, 3.8) is 0 Å². The van der Waals surface area contributed by atoms with Crippen LogP contribution < -0.4 is 15.5 Å². The Bertz CT molecular complexity index is 488. The SMILES string of the molecule is CNCCCC(=O)Nc1ccccc1N1CCCC1=O. The van der Waals surface area contributed by atoms with Gasteiger partial charge in [-0.25, -0.2) is 0 Å². The first-order chi connectivity index (χ1) is 9.72. The fourth-order valence-corrected chi connectivity index (χ4v) is 2.36. The number of nitrogens with one attached hydrogen (secondary N) is 2. The predicted molar refractivity (Wildman–Crippen MR) is 79.8 cm³/mol. The molecule has 0 aliphatic carbocycles. The molecule has 0 aromatic heterocycles. The summed E-state index contributed by atoms with van der Waals surface area (Å²) in [4.78, 5) is 25.5. The van der Waals surface area contributed by atoms with Crippen LogP contribution in [-0.4, -0.2) is 32.0 Å². The Balaban J connectivity index is 2.04. The van der Waals surface area contributed by atoms with E-state index in [0.29, 0.717) is 12.8 Å². The summed E-state index contributed by atoms with van der Waals surface area (Å²) in [5, 5.41) is 5.92. The van der Waals surface area contributed by atoms with Crippen LogP contribution in [0.5, 0.6) is 0 Å². The lowest BCUT2D eigenvalue weighted by atomic mass is 10.2. The standard InChI is InChI=1S/C15H21N3O2/c1-16-10-4-8-14(19)17-12-6-2-3-7-13(12)18-11-5-9-15(18)20/h2-3,6-7,16H,4-5,8-11H2,1H3,(H,17,19). The molecule has 20 heavy (non-hydrogen) atoms. The molecule has 1 saturated heterocycles. The summed E-state index contributed by atoms with van der Waals surface area (Å²) in [6.45, 7) is 1.55. The van der Waals surface area contributed by atoms with Crippen LogP contribution >= 0.6 is 0 Å². The Kier molecular flexibility index (Phi) is 5.12. The second-order valence-corrected chi connectivity index (χ2v) is 4.92. The van der Waals surface area contributed by atoms with E-state index in [2.05, 4.69) is 10.6 Å². The van der Waals surface area contributed by atoms with E-state index in [-0.39, 0.29) is 11.8 Å². The third-order valence-corrected chi connectivity index (χ3v) is 3.37. The van der Waals surface area contributed by atoms with Gasteiger partial charge in [-0.05, 0) is 38.6 Å². The maximum atomic E-state index is 11.9. The minimum atomic E-state index is -0.0145. The first kappa shape index (κ1) is 14.5. The zero-order chi connectivity index (χ0) is 14.4. The predicted octanol–water partition coefficient (Wildman–Crippen LogP) is 1.75. The van der Waals surface area contributed by atoms with Gasteiger partial charge in [-0.3, -0.25) is 9.59 Å². The smallest absolute Gasteiger partial charge is 0.227 e. The molecule has 5 heteroatoms. The highest BCUT2D eigenvalue weighted by Crippen LogP contribution is 2.29. The summed E-state index contributed by atoms with van der Waals surface area (Å²) in [6.07, 6.45) is 2.74.